The largest absolute Gasteiger partial charge is 0.397 e. The lowest BCUT2D eigenvalue weighted by Gasteiger charge is -2.39. The second kappa shape index (κ2) is 4.74. The molecule has 0 unspecified atom stereocenters. The molecule has 1 aliphatic carbocycles. The third-order valence-corrected chi connectivity index (χ3v) is 3.35. The minimum atomic E-state index is 0.184. The van der Waals surface area contributed by atoms with Gasteiger partial charge in [-0.15, -0.1) is 0 Å². The molecule has 88 valence electrons. The number of nitrogens with two attached hydrogens (primary N) is 1. The predicted molar refractivity (Wildman–Crippen MR) is 67.7 cm³/mol. The lowest BCUT2D eigenvalue weighted by Crippen LogP contribution is -2.42. The summed E-state index contributed by atoms with van der Waals surface area (Å²) in [6, 6.07) is 6.71. The molecule has 2 rings (SSSR count). The first kappa shape index (κ1) is 11.3. The summed E-state index contributed by atoms with van der Waals surface area (Å²) >= 11 is 0. The normalized spacial score (nSPS) is 15.9. The smallest absolute Gasteiger partial charge is 0.0606 e. The molecule has 0 saturated heterocycles. The molecule has 0 atom stereocenters. The number of anilines is 2. The van der Waals surface area contributed by atoms with Crippen LogP contribution in [0.3, 0.4) is 0 Å². The van der Waals surface area contributed by atoms with Crippen LogP contribution in [0.4, 0.5) is 11.4 Å². The summed E-state index contributed by atoms with van der Waals surface area (Å²) in [4.78, 5) is 2.25. The van der Waals surface area contributed by atoms with E-state index in [0.29, 0.717) is 12.6 Å². The van der Waals surface area contributed by atoms with Crippen molar-refractivity contribution in [3.05, 3.63) is 23.8 Å². The number of nitrogen functional groups attached to an aromatic ring is 1. The van der Waals surface area contributed by atoms with Gasteiger partial charge in [0.1, 0.15) is 0 Å². The number of aliphatic hydroxyl groups excluding tert-OH is 1. The number of hydrogen-bond acceptors (Lipinski definition) is 3. The quantitative estimate of drug-likeness (QED) is 0.762. The first-order chi connectivity index (χ1) is 7.72. The Hall–Kier alpha value is -1.22. The molecule has 0 heterocycles. The molecule has 1 aliphatic rings. The van der Waals surface area contributed by atoms with Crippen molar-refractivity contribution in [2.24, 2.45) is 0 Å². The second-order valence-corrected chi connectivity index (χ2v) is 4.56. The fraction of sp³-hybridized carbons (Fsp3) is 0.538. The summed E-state index contributed by atoms with van der Waals surface area (Å²) in [6.45, 7) is 2.90. The van der Waals surface area contributed by atoms with Crippen molar-refractivity contribution in [2.45, 2.75) is 32.2 Å². The van der Waals surface area contributed by atoms with Crippen LogP contribution in [0.25, 0.3) is 0 Å². The topological polar surface area (TPSA) is 49.5 Å². The van der Waals surface area contributed by atoms with E-state index in [-0.39, 0.29) is 6.61 Å². The number of aliphatic hydroxyl groups is 1. The zero-order valence-electron chi connectivity index (χ0n) is 9.82. The van der Waals surface area contributed by atoms with Crippen molar-refractivity contribution in [3.8, 4) is 0 Å². The Morgan fingerprint density at radius 1 is 1.44 bits per heavy atom. The van der Waals surface area contributed by atoms with Gasteiger partial charge < -0.3 is 15.7 Å². The Kier molecular flexibility index (Phi) is 3.34. The number of aryl methyl sites for hydroxylation is 1. The summed E-state index contributed by atoms with van der Waals surface area (Å²) < 4.78 is 0. The SMILES string of the molecule is Cc1ccc(N(CCO)C2CCC2)c(N)c1. The zero-order valence-corrected chi connectivity index (χ0v) is 9.82. The van der Waals surface area contributed by atoms with Crippen LogP contribution < -0.4 is 10.6 Å². The van der Waals surface area contributed by atoms with Gasteiger partial charge in [-0.05, 0) is 43.9 Å². The maximum Gasteiger partial charge on any atom is 0.0606 e. The van der Waals surface area contributed by atoms with Gasteiger partial charge in [0.05, 0.1) is 18.0 Å². The molecule has 0 aromatic heterocycles. The Balaban J connectivity index is 2.23. The van der Waals surface area contributed by atoms with Gasteiger partial charge in [-0.1, -0.05) is 6.07 Å². The van der Waals surface area contributed by atoms with Crippen LogP contribution in [0.15, 0.2) is 18.2 Å². The van der Waals surface area contributed by atoms with E-state index in [1.54, 1.807) is 0 Å². The van der Waals surface area contributed by atoms with Crippen molar-refractivity contribution < 1.29 is 5.11 Å². The lowest BCUT2D eigenvalue weighted by atomic mass is 9.91. The highest BCUT2D eigenvalue weighted by atomic mass is 16.3. The van der Waals surface area contributed by atoms with Gasteiger partial charge in [-0.2, -0.15) is 0 Å². The van der Waals surface area contributed by atoms with Crippen molar-refractivity contribution >= 4 is 11.4 Å². The van der Waals surface area contributed by atoms with Crippen LogP contribution in [0, 0.1) is 6.92 Å². The number of hydrogen-bond donors (Lipinski definition) is 2. The lowest BCUT2D eigenvalue weighted by molar-refractivity contribution is 0.284. The molecule has 1 saturated carbocycles. The molecular formula is C13H20N2O. The first-order valence-electron chi connectivity index (χ1n) is 5.96. The summed E-state index contributed by atoms with van der Waals surface area (Å²) in [5.41, 5.74) is 9.12. The molecule has 0 radical (unpaired) electrons. The standard InChI is InChI=1S/C13H20N2O/c1-10-5-6-13(12(14)9-10)15(7-8-16)11-3-2-4-11/h5-6,9,11,16H,2-4,7-8,14H2,1H3. The van der Waals surface area contributed by atoms with Gasteiger partial charge in [0.15, 0.2) is 0 Å². The van der Waals surface area contributed by atoms with E-state index in [2.05, 4.69) is 17.0 Å². The Morgan fingerprint density at radius 2 is 2.19 bits per heavy atom. The molecule has 0 amide bonds. The van der Waals surface area contributed by atoms with Gasteiger partial charge >= 0.3 is 0 Å². The summed E-state index contributed by atoms with van der Waals surface area (Å²) in [5.74, 6) is 0. The third-order valence-electron chi connectivity index (χ3n) is 3.35. The van der Waals surface area contributed by atoms with Crippen molar-refractivity contribution in [2.75, 3.05) is 23.8 Å². The maximum atomic E-state index is 9.13. The minimum absolute atomic E-state index is 0.184. The van der Waals surface area contributed by atoms with Crippen LogP contribution in [0.1, 0.15) is 24.8 Å². The monoisotopic (exact) mass is 220 g/mol. The summed E-state index contributed by atoms with van der Waals surface area (Å²) in [5, 5.41) is 9.13. The third kappa shape index (κ3) is 2.14. The molecular weight excluding hydrogens is 200 g/mol. The minimum Gasteiger partial charge on any atom is -0.397 e. The molecule has 1 aromatic carbocycles. The number of benzene rings is 1. The molecule has 0 aliphatic heterocycles. The van der Waals surface area contributed by atoms with Gasteiger partial charge in [-0.25, -0.2) is 0 Å². The number of nitrogens with zero attached hydrogens (tertiary/aromatic N) is 1. The maximum absolute atomic E-state index is 9.13. The van der Waals surface area contributed by atoms with Gasteiger partial charge in [0.2, 0.25) is 0 Å². The fourth-order valence-electron chi connectivity index (χ4n) is 2.24. The van der Waals surface area contributed by atoms with E-state index in [4.69, 9.17) is 10.8 Å². The van der Waals surface area contributed by atoms with Crippen LogP contribution in [-0.4, -0.2) is 24.3 Å². The Bertz CT molecular complexity index is 361. The highest BCUT2D eigenvalue weighted by molar-refractivity contribution is 5.69. The molecule has 16 heavy (non-hydrogen) atoms. The number of rotatable bonds is 4. The van der Waals surface area contributed by atoms with Gasteiger partial charge in [0, 0.05) is 12.6 Å². The zero-order chi connectivity index (χ0) is 11.5. The van der Waals surface area contributed by atoms with E-state index in [1.807, 2.05) is 13.0 Å². The molecule has 1 aromatic rings. The van der Waals surface area contributed by atoms with E-state index in [0.717, 1.165) is 11.4 Å². The van der Waals surface area contributed by atoms with Gasteiger partial charge in [-0.3, -0.25) is 0 Å². The predicted octanol–water partition coefficient (Wildman–Crippen LogP) is 1.93. The van der Waals surface area contributed by atoms with E-state index in [1.165, 1.54) is 24.8 Å². The summed E-state index contributed by atoms with van der Waals surface area (Å²) in [7, 11) is 0. The highest BCUT2D eigenvalue weighted by Gasteiger charge is 2.25. The molecule has 0 bridgehead atoms. The van der Waals surface area contributed by atoms with Crippen molar-refractivity contribution in [1.29, 1.82) is 0 Å². The molecule has 3 nitrogen and oxygen atoms in total. The van der Waals surface area contributed by atoms with E-state index < -0.39 is 0 Å². The average Bonchev–Trinajstić information content (AvgIpc) is 2.14. The summed E-state index contributed by atoms with van der Waals surface area (Å²) in [6.07, 6.45) is 3.72. The van der Waals surface area contributed by atoms with Crippen molar-refractivity contribution in [1.82, 2.24) is 0 Å². The highest BCUT2D eigenvalue weighted by Crippen LogP contribution is 2.32. The van der Waals surface area contributed by atoms with E-state index in [9.17, 15) is 0 Å². The Labute approximate surface area is 96.9 Å². The Morgan fingerprint density at radius 3 is 2.69 bits per heavy atom. The second-order valence-electron chi connectivity index (χ2n) is 4.56. The first-order valence-corrected chi connectivity index (χ1v) is 5.96. The fourth-order valence-corrected chi connectivity index (χ4v) is 2.24. The van der Waals surface area contributed by atoms with Crippen LogP contribution in [0.5, 0.6) is 0 Å². The van der Waals surface area contributed by atoms with Crippen LogP contribution in [-0.2, 0) is 0 Å². The van der Waals surface area contributed by atoms with Crippen LogP contribution in [0.2, 0.25) is 0 Å². The molecule has 3 N–H and O–H groups in total. The molecule has 0 spiro atoms. The van der Waals surface area contributed by atoms with E-state index >= 15 is 0 Å². The van der Waals surface area contributed by atoms with Gasteiger partial charge in [0.25, 0.3) is 0 Å². The molecule has 3 heteroatoms. The average molecular weight is 220 g/mol. The van der Waals surface area contributed by atoms with Crippen LogP contribution >= 0.6 is 0 Å². The molecule has 1 fully saturated rings. The van der Waals surface area contributed by atoms with Crippen molar-refractivity contribution in [3.63, 3.8) is 0 Å².